The second kappa shape index (κ2) is 36.3. The maximum Gasteiger partial charge on any atom is 0.0401 e. The number of hydrogen-bond donors (Lipinski definition) is 0. The Bertz CT molecular complexity index is 4040. The maximum atomic E-state index is 4.08. The van der Waals surface area contributed by atoms with Crippen molar-refractivity contribution in [1.82, 2.24) is 15.0 Å². The summed E-state index contributed by atoms with van der Waals surface area (Å²) >= 11 is 0. The molecule has 1 aliphatic carbocycles. The summed E-state index contributed by atoms with van der Waals surface area (Å²) in [4.78, 5) is 12.1. The summed E-state index contributed by atoms with van der Waals surface area (Å²) in [5.41, 5.74) is 29.4. The van der Waals surface area contributed by atoms with E-state index in [2.05, 4.69) is 356 Å². The number of hydrogen-bond acceptors (Lipinski definition) is 3. The molecule has 0 N–H and O–H groups in total. The van der Waals surface area contributed by atoms with E-state index in [1.54, 1.807) is 0 Å². The van der Waals surface area contributed by atoms with E-state index >= 15 is 0 Å². The molecule has 0 spiro atoms. The van der Waals surface area contributed by atoms with Crippen molar-refractivity contribution in [2.45, 2.75) is 130 Å². The van der Waals surface area contributed by atoms with Gasteiger partial charge >= 0.3 is 0 Å². The molecule has 3 heteroatoms. The molecule has 93 heavy (non-hydrogen) atoms. The highest BCUT2D eigenvalue weighted by Gasteiger charge is 2.34. The SMILES string of the molecule is CC1(C)c2ccccc2-c2ccccc21.Cc1cc2ccccc2cc1C.Cc1cccc(C)c1.Cc1cccc2cccc(C)c12.Cc1ccccc1-c1ccccc1C.Cc1ccccc1C.Cc1cccnc1C.Cc1ccnc(C)c1.Cc1ccncc1C. The summed E-state index contributed by atoms with van der Waals surface area (Å²) in [5.74, 6) is 0. The van der Waals surface area contributed by atoms with E-state index in [-0.39, 0.29) is 5.41 Å². The van der Waals surface area contributed by atoms with Gasteiger partial charge in [-0.3, -0.25) is 15.0 Å². The average Bonchev–Trinajstić information content (AvgIpc) is 1.60. The molecule has 0 radical (unpaired) electrons. The highest BCUT2D eigenvalue weighted by Crippen LogP contribution is 2.48. The zero-order valence-corrected chi connectivity index (χ0v) is 58.8. The first kappa shape index (κ1) is 72.2. The van der Waals surface area contributed by atoms with Crippen molar-refractivity contribution in [3.63, 3.8) is 0 Å². The fraction of sp³-hybridized carbons (Fsp3) is 0.211. The van der Waals surface area contributed by atoms with E-state index < -0.39 is 0 Å². The van der Waals surface area contributed by atoms with Crippen LogP contribution in [0.2, 0.25) is 0 Å². The van der Waals surface area contributed by atoms with Gasteiger partial charge in [-0.2, -0.15) is 0 Å². The van der Waals surface area contributed by atoms with Gasteiger partial charge in [0.1, 0.15) is 0 Å². The van der Waals surface area contributed by atoms with Crippen LogP contribution in [0.15, 0.2) is 274 Å². The summed E-state index contributed by atoms with van der Waals surface area (Å²) < 4.78 is 0. The molecule has 13 aromatic rings. The maximum absolute atomic E-state index is 4.08. The summed E-state index contributed by atoms with van der Waals surface area (Å²) in [7, 11) is 0. The van der Waals surface area contributed by atoms with Gasteiger partial charge in [-0.05, 0) is 257 Å². The number of aryl methyl sites for hydroxylation is 16. The van der Waals surface area contributed by atoms with Gasteiger partial charge in [0.2, 0.25) is 0 Å². The van der Waals surface area contributed by atoms with Crippen LogP contribution in [-0.4, -0.2) is 15.0 Å². The van der Waals surface area contributed by atoms with Crippen molar-refractivity contribution in [2.24, 2.45) is 0 Å². The number of fused-ring (bicyclic) bond motifs is 5. The minimum atomic E-state index is 0.160. The van der Waals surface area contributed by atoms with Gasteiger partial charge in [0, 0.05) is 41.6 Å². The summed E-state index contributed by atoms with van der Waals surface area (Å²) in [6, 6.07) is 87.1. The molecule has 3 aromatic heterocycles. The predicted octanol–water partition coefficient (Wildman–Crippen LogP) is 24.6. The Balaban J connectivity index is 0.000000168. The molecule has 3 heterocycles. The van der Waals surface area contributed by atoms with Crippen LogP contribution in [0, 0.1) is 111 Å². The molecule has 14 rings (SSSR count). The summed E-state index contributed by atoms with van der Waals surface area (Å²) in [5, 5.41) is 5.41. The quantitative estimate of drug-likeness (QED) is 0.164. The molecule has 0 saturated carbocycles. The fourth-order valence-corrected chi connectivity index (χ4v) is 10.9. The van der Waals surface area contributed by atoms with E-state index in [4.69, 9.17) is 0 Å². The number of nitrogens with zero attached hydrogens (tertiary/aromatic N) is 3. The molecule has 1 aliphatic rings. The van der Waals surface area contributed by atoms with E-state index in [0.29, 0.717) is 0 Å². The smallest absolute Gasteiger partial charge is 0.0401 e. The fourth-order valence-electron chi connectivity index (χ4n) is 10.9. The highest BCUT2D eigenvalue weighted by atomic mass is 14.7. The van der Waals surface area contributed by atoms with Gasteiger partial charge < -0.3 is 0 Å². The zero-order valence-electron chi connectivity index (χ0n) is 58.8. The third kappa shape index (κ3) is 22.2. The van der Waals surface area contributed by atoms with Crippen molar-refractivity contribution in [2.75, 3.05) is 0 Å². The van der Waals surface area contributed by atoms with E-state index in [9.17, 15) is 0 Å². The van der Waals surface area contributed by atoms with Crippen molar-refractivity contribution in [3.05, 3.63) is 374 Å². The van der Waals surface area contributed by atoms with Crippen LogP contribution in [0.4, 0.5) is 0 Å². The molecular formula is C90H99N3. The lowest BCUT2D eigenvalue weighted by Gasteiger charge is -2.20. The van der Waals surface area contributed by atoms with Crippen molar-refractivity contribution in [1.29, 1.82) is 0 Å². The average molecular weight is 1220 g/mol. The van der Waals surface area contributed by atoms with Gasteiger partial charge in [0.25, 0.3) is 0 Å². The third-order valence-corrected chi connectivity index (χ3v) is 17.0. The highest BCUT2D eigenvalue weighted by molar-refractivity contribution is 5.88. The standard InChI is InChI=1S/C15H14.C14H14.2C12H12.2C8H10.3C7H9N/c1-15(2)13-9-5-3-7-11(13)12-8-4-6-10-14(12)15;1-11-7-3-5-9-13(11)14-10-6-4-8-12(14)2;1-9-5-3-7-11-8-4-6-10(2)12(9)11;1-9-7-11-5-3-4-6-12(11)8-10(9)2;1-7-4-3-5-8(2)6-7;1-7-5-3-4-6-8(7)2;1-6-3-4-8-5-7(6)2;1-6-3-4-8-7(2)5-6;1-6-4-3-5-8-7(6)2/h3-10H,1-2H3;3-10H,1-2H3;2*3-8H,1-2H3;2*3-6H,1-2H3;3*3-5H,1-2H3. The predicted molar refractivity (Wildman–Crippen MR) is 405 cm³/mol. The number of aromatic nitrogens is 3. The lowest BCUT2D eigenvalue weighted by Crippen LogP contribution is -2.14. The monoisotopic (exact) mass is 1220 g/mol. The molecule has 474 valence electrons. The number of pyridine rings is 3. The van der Waals surface area contributed by atoms with Gasteiger partial charge in [-0.15, -0.1) is 0 Å². The Morgan fingerprint density at radius 1 is 0.247 bits per heavy atom. The molecule has 0 saturated heterocycles. The summed E-state index contributed by atoms with van der Waals surface area (Å²) in [6.07, 6.45) is 7.31. The van der Waals surface area contributed by atoms with Gasteiger partial charge in [0.05, 0.1) is 0 Å². The molecule has 3 nitrogen and oxygen atoms in total. The second-order valence-corrected chi connectivity index (χ2v) is 25.0. The second-order valence-electron chi connectivity index (χ2n) is 25.0. The van der Waals surface area contributed by atoms with Crippen LogP contribution in [0.3, 0.4) is 0 Å². The van der Waals surface area contributed by atoms with Crippen LogP contribution < -0.4 is 0 Å². The van der Waals surface area contributed by atoms with E-state index in [1.165, 1.54) is 133 Å². The zero-order chi connectivity index (χ0) is 67.5. The van der Waals surface area contributed by atoms with Crippen LogP contribution in [0.25, 0.3) is 43.8 Å². The van der Waals surface area contributed by atoms with Crippen molar-refractivity contribution < 1.29 is 0 Å². The lowest BCUT2D eigenvalue weighted by atomic mass is 9.82. The van der Waals surface area contributed by atoms with Gasteiger partial charge in [-0.25, -0.2) is 0 Å². The largest absolute Gasteiger partial charge is 0.264 e. The summed E-state index contributed by atoms with van der Waals surface area (Å²) in [6.45, 7) is 38.3. The Morgan fingerprint density at radius 2 is 0.634 bits per heavy atom. The molecule has 0 atom stereocenters. The number of rotatable bonds is 1. The molecule has 0 unspecified atom stereocenters. The first-order chi connectivity index (χ1) is 44.5. The molecule has 0 fully saturated rings. The Hall–Kier alpha value is -9.83. The minimum Gasteiger partial charge on any atom is -0.264 e. The van der Waals surface area contributed by atoms with Crippen molar-refractivity contribution in [3.8, 4) is 22.3 Å². The third-order valence-electron chi connectivity index (χ3n) is 17.0. The first-order valence-corrected chi connectivity index (χ1v) is 32.5. The molecular weight excluding hydrogens is 1120 g/mol. The minimum absolute atomic E-state index is 0.160. The van der Waals surface area contributed by atoms with Crippen LogP contribution in [0.1, 0.15) is 114 Å². The van der Waals surface area contributed by atoms with Crippen LogP contribution >= 0.6 is 0 Å². The van der Waals surface area contributed by atoms with E-state index in [1.807, 2.05) is 56.8 Å². The Morgan fingerprint density at radius 3 is 0.989 bits per heavy atom. The first-order valence-electron chi connectivity index (χ1n) is 32.5. The van der Waals surface area contributed by atoms with Crippen LogP contribution in [-0.2, 0) is 5.41 Å². The van der Waals surface area contributed by atoms with Gasteiger partial charge in [-0.1, -0.05) is 249 Å². The lowest BCUT2D eigenvalue weighted by molar-refractivity contribution is 0.660. The Kier molecular flexibility index (Phi) is 28.2. The van der Waals surface area contributed by atoms with Crippen molar-refractivity contribution >= 4 is 21.5 Å². The molecule has 0 aliphatic heterocycles. The molecule has 0 amide bonds. The molecule has 0 bridgehead atoms. The van der Waals surface area contributed by atoms with Gasteiger partial charge in [0.15, 0.2) is 0 Å². The number of benzene rings is 10. The van der Waals surface area contributed by atoms with Crippen LogP contribution in [0.5, 0.6) is 0 Å². The Labute approximate surface area is 559 Å². The molecule has 10 aromatic carbocycles. The normalized spacial score (nSPS) is 10.8. The topological polar surface area (TPSA) is 38.7 Å². The van der Waals surface area contributed by atoms with E-state index in [0.717, 1.165) is 11.4 Å².